The summed E-state index contributed by atoms with van der Waals surface area (Å²) in [6.45, 7) is 2.10. The van der Waals surface area contributed by atoms with Crippen molar-refractivity contribution in [2.24, 2.45) is 0 Å². The maximum absolute atomic E-state index is 14.8. The van der Waals surface area contributed by atoms with Crippen LogP contribution in [0.3, 0.4) is 0 Å². The number of aromatic nitrogens is 4. The Labute approximate surface area is 329 Å². The van der Waals surface area contributed by atoms with Gasteiger partial charge in [0.25, 0.3) is 0 Å². The predicted octanol–water partition coefficient (Wildman–Crippen LogP) is 12.8. The molecule has 0 aliphatic rings. The third-order valence-corrected chi connectivity index (χ3v) is 11.7. The first kappa shape index (κ1) is 39.8. The number of thiophene rings is 2. The number of rotatable bonds is 4. The summed E-state index contributed by atoms with van der Waals surface area (Å²) in [6.07, 6.45) is -18.8. The van der Waals surface area contributed by atoms with E-state index in [1.807, 2.05) is 0 Å². The number of halogens is 12. The Bertz CT molecular complexity index is 2630. The minimum atomic E-state index is -5.18. The van der Waals surface area contributed by atoms with E-state index in [0.29, 0.717) is 35.1 Å². The van der Waals surface area contributed by atoms with Crippen molar-refractivity contribution in [3.63, 3.8) is 0 Å². The second-order valence-electron chi connectivity index (χ2n) is 13.0. The molecule has 0 atom stereocenters. The van der Waals surface area contributed by atoms with E-state index in [4.69, 9.17) is 0 Å². The first-order chi connectivity index (χ1) is 25.6. The summed E-state index contributed by atoms with van der Waals surface area (Å²) in [5.74, 6) is 0. The second-order valence-corrected chi connectivity index (χ2v) is 15.0. The molecule has 4 nitrogen and oxygen atoms in total. The minimum Gasteiger partial charge on any atom is -0.263 e. The van der Waals surface area contributed by atoms with Crippen molar-refractivity contribution in [3.8, 4) is 11.4 Å². The van der Waals surface area contributed by atoms with Gasteiger partial charge in [-0.2, -0.15) is 99.3 Å². The quantitative estimate of drug-likeness (QED) is 0.130. The SMILES string of the molecule is CC(C)(c1nn(-c2[c-]ccc3c2sc2c(C(F)(F)F)cccc23)cc1C(F)(F)F)c1nn(-c2[c-]ccc3c2sc2c(C(F)(F)F)cccc23)cc1C(F)(F)F.[Pt+2]. The van der Waals surface area contributed by atoms with Crippen LogP contribution in [-0.4, -0.2) is 19.6 Å². The molecule has 56 heavy (non-hydrogen) atoms. The average Bonchev–Trinajstić information content (AvgIpc) is 3.88. The van der Waals surface area contributed by atoms with Gasteiger partial charge in [-0.05, 0) is 57.5 Å². The Balaban J connectivity index is 0.00000480. The van der Waals surface area contributed by atoms with Gasteiger partial charge in [-0.15, -0.1) is 10.8 Å². The van der Waals surface area contributed by atoms with Gasteiger partial charge in [0, 0.05) is 21.8 Å². The maximum atomic E-state index is 14.8. The van der Waals surface area contributed by atoms with E-state index < -0.39 is 63.8 Å². The van der Waals surface area contributed by atoms with Crippen molar-refractivity contribution in [1.82, 2.24) is 19.6 Å². The zero-order valence-corrected chi connectivity index (χ0v) is 31.8. The molecule has 0 N–H and O–H groups in total. The molecule has 0 bridgehead atoms. The van der Waals surface area contributed by atoms with Crippen molar-refractivity contribution in [2.45, 2.75) is 44.0 Å². The molecule has 0 spiro atoms. The predicted molar refractivity (Wildman–Crippen MR) is 183 cm³/mol. The molecule has 4 aromatic carbocycles. The first-order valence-corrected chi connectivity index (χ1v) is 17.4. The van der Waals surface area contributed by atoms with Crippen LogP contribution >= 0.6 is 22.7 Å². The molecule has 0 saturated heterocycles. The molecule has 0 amide bonds. The van der Waals surface area contributed by atoms with Gasteiger partial charge < -0.3 is 0 Å². The van der Waals surface area contributed by atoms with Crippen LogP contribution in [0.1, 0.15) is 47.5 Å². The van der Waals surface area contributed by atoms with E-state index in [0.717, 1.165) is 35.3 Å². The van der Waals surface area contributed by atoms with Crippen LogP contribution in [0.4, 0.5) is 52.7 Å². The van der Waals surface area contributed by atoms with Gasteiger partial charge in [-0.3, -0.25) is 9.36 Å². The molecule has 292 valence electrons. The van der Waals surface area contributed by atoms with E-state index >= 15 is 0 Å². The fourth-order valence-corrected chi connectivity index (χ4v) is 9.36. The van der Waals surface area contributed by atoms with Gasteiger partial charge in [0.2, 0.25) is 0 Å². The molecule has 0 unspecified atom stereocenters. The smallest absolute Gasteiger partial charge is 0.263 e. The molecule has 0 aliphatic heterocycles. The zero-order chi connectivity index (χ0) is 39.6. The van der Waals surface area contributed by atoms with E-state index in [1.54, 1.807) is 0 Å². The molecule has 19 heteroatoms. The largest absolute Gasteiger partial charge is 2.00 e. The fraction of sp³-hybridized carbons (Fsp3) is 0.189. The van der Waals surface area contributed by atoms with Crippen LogP contribution in [0.25, 0.3) is 51.7 Å². The summed E-state index contributed by atoms with van der Waals surface area (Å²) >= 11 is 1.30. The van der Waals surface area contributed by atoms with E-state index in [1.165, 1.54) is 48.5 Å². The van der Waals surface area contributed by atoms with E-state index in [2.05, 4.69) is 22.3 Å². The number of hydrogen-bond acceptors (Lipinski definition) is 4. The molecule has 0 radical (unpaired) electrons. The molecule has 0 fully saturated rings. The van der Waals surface area contributed by atoms with Gasteiger partial charge in [-0.25, -0.2) is 22.7 Å². The van der Waals surface area contributed by atoms with Gasteiger partial charge in [0.1, 0.15) is 0 Å². The molecule has 0 aliphatic carbocycles. The van der Waals surface area contributed by atoms with Gasteiger partial charge >= 0.3 is 45.8 Å². The summed E-state index contributed by atoms with van der Waals surface area (Å²) in [5, 5.41) is 9.12. The summed E-state index contributed by atoms with van der Waals surface area (Å²) in [4.78, 5) is 0. The van der Waals surface area contributed by atoms with E-state index in [-0.39, 0.29) is 72.8 Å². The van der Waals surface area contributed by atoms with Gasteiger partial charge in [0.15, 0.2) is 0 Å². The van der Waals surface area contributed by atoms with Crippen molar-refractivity contribution in [3.05, 3.63) is 119 Å². The second kappa shape index (κ2) is 13.1. The van der Waals surface area contributed by atoms with Crippen molar-refractivity contribution in [1.29, 1.82) is 0 Å². The number of alkyl halides is 12. The van der Waals surface area contributed by atoms with Crippen LogP contribution in [0.2, 0.25) is 0 Å². The number of hydrogen-bond donors (Lipinski definition) is 0. The Morgan fingerprint density at radius 3 is 1.16 bits per heavy atom. The van der Waals surface area contributed by atoms with Gasteiger partial charge in [0.05, 0.1) is 39.1 Å². The zero-order valence-electron chi connectivity index (χ0n) is 27.9. The third kappa shape index (κ3) is 6.37. The van der Waals surface area contributed by atoms with Crippen molar-refractivity contribution in [2.75, 3.05) is 0 Å². The summed E-state index contributed by atoms with van der Waals surface area (Å²) in [7, 11) is 0. The van der Waals surface area contributed by atoms with Crippen molar-refractivity contribution >= 4 is 63.0 Å². The van der Waals surface area contributed by atoms with Gasteiger partial charge in [-0.1, -0.05) is 24.3 Å². The number of fused-ring (bicyclic) bond motifs is 6. The van der Waals surface area contributed by atoms with E-state index in [9.17, 15) is 52.7 Å². The monoisotopic (exact) mass is 1010 g/mol. The maximum Gasteiger partial charge on any atom is 2.00 e. The average molecular weight is 1010 g/mol. The molecule has 8 aromatic rings. The standard InChI is InChI=1S/C37H18F12N4S2.Pt/c1-33(2,31-23(36(44,45)46)15-52(50-31)25-13-5-9-19-17-7-3-11-21(34(38,39)40)27(17)54-29(19)25)32-24(37(47,48)49)16-53(51-32)26-14-6-10-20-18-8-4-12-22(35(41,42)43)28(18)55-30(20)26;/h3-12,15-16H,1-2H3;/q-2;+2. The Morgan fingerprint density at radius 2 is 0.821 bits per heavy atom. The molecular weight excluding hydrogens is 988 g/mol. The molecule has 4 heterocycles. The van der Waals surface area contributed by atoms with Crippen molar-refractivity contribution < 1.29 is 73.8 Å². The molecule has 8 rings (SSSR count). The topological polar surface area (TPSA) is 35.6 Å². The molecule has 0 saturated carbocycles. The fourth-order valence-electron chi connectivity index (χ4n) is 6.71. The molecule has 4 aromatic heterocycles. The van der Waals surface area contributed by atoms with Crippen LogP contribution in [0.15, 0.2) is 73.1 Å². The summed E-state index contributed by atoms with van der Waals surface area (Å²) < 4.78 is 173. The Hall–Kier alpha value is -4.41. The first-order valence-electron chi connectivity index (χ1n) is 15.8. The third-order valence-electron chi connectivity index (χ3n) is 9.17. The van der Waals surface area contributed by atoms with Crippen LogP contribution in [-0.2, 0) is 51.2 Å². The Kier molecular flexibility index (Phi) is 9.29. The summed E-state index contributed by atoms with van der Waals surface area (Å²) in [5.41, 5.74) is -9.21. The number of benzene rings is 4. The normalized spacial score (nSPS) is 13.4. The number of nitrogens with zero attached hydrogens (tertiary/aromatic N) is 4. The van der Waals surface area contributed by atoms with Crippen LogP contribution < -0.4 is 0 Å². The van der Waals surface area contributed by atoms with Crippen LogP contribution in [0, 0.1) is 12.1 Å². The minimum absolute atomic E-state index is 0. The summed E-state index contributed by atoms with van der Waals surface area (Å²) in [6, 6.07) is 17.9. The molecular formula is C37H18F12N4PtS2. The van der Waals surface area contributed by atoms with Crippen LogP contribution in [0.5, 0.6) is 0 Å². The Morgan fingerprint density at radius 1 is 0.482 bits per heavy atom.